The Labute approximate surface area is 306 Å². The van der Waals surface area contributed by atoms with Crippen LogP contribution in [-0.2, 0) is 20.7 Å². The number of thioether (sulfide) groups is 1. The van der Waals surface area contributed by atoms with E-state index < -0.39 is 10.9 Å². The zero-order valence-corrected chi connectivity index (χ0v) is 31.9. The number of carbonyl (C=O) groups excluding carboxylic acids is 4. The van der Waals surface area contributed by atoms with Crippen LogP contribution in [0, 0.1) is 5.41 Å². The predicted octanol–water partition coefficient (Wildman–Crippen LogP) is 6.31. The van der Waals surface area contributed by atoms with E-state index in [0.29, 0.717) is 39.3 Å². The number of urea groups is 1. The summed E-state index contributed by atoms with van der Waals surface area (Å²) in [6.45, 7) is 15.7. The topological polar surface area (TPSA) is 120 Å². The number of hydrogen-bond acceptors (Lipinski definition) is 7. The number of piperidine rings is 2. The summed E-state index contributed by atoms with van der Waals surface area (Å²) in [6, 6.07) is 10.1. The van der Waals surface area contributed by atoms with Crippen LogP contribution in [0.25, 0.3) is 0 Å². The van der Waals surface area contributed by atoms with E-state index >= 15 is 0 Å². The minimum Gasteiger partial charge on any atom is -0.444 e. The van der Waals surface area contributed by atoms with E-state index in [4.69, 9.17) is 9.84 Å². The minimum absolute atomic E-state index is 0.00138. The van der Waals surface area contributed by atoms with Gasteiger partial charge in [-0.1, -0.05) is 39.0 Å². The Bertz CT molecular complexity index is 1580. The highest BCUT2D eigenvalue weighted by Gasteiger charge is 2.44. The van der Waals surface area contributed by atoms with Gasteiger partial charge in [0, 0.05) is 63.6 Å². The van der Waals surface area contributed by atoms with Crippen LogP contribution in [0.1, 0.15) is 103 Å². The van der Waals surface area contributed by atoms with Crippen molar-refractivity contribution in [3.05, 3.63) is 47.8 Å². The van der Waals surface area contributed by atoms with Gasteiger partial charge in [0.1, 0.15) is 11.0 Å². The monoisotopic (exact) mass is 721 g/mol. The van der Waals surface area contributed by atoms with Crippen LogP contribution in [0.4, 0.5) is 15.3 Å². The Morgan fingerprint density at radius 3 is 2.25 bits per heavy atom. The van der Waals surface area contributed by atoms with E-state index in [9.17, 15) is 19.2 Å². The lowest BCUT2D eigenvalue weighted by Crippen LogP contribution is -2.50. The van der Waals surface area contributed by atoms with Gasteiger partial charge in [-0.05, 0) is 82.4 Å². The Balaban J connectivity index is 1.05. The van der Waals surface area contributed by atoms with Gasteiger partial charge in [-0.3, -0.25) is 14.3 Å². The largest absolute Gasteiger partial charge is 0.444 e. The van der Waals surface area contributed by atoms with Crippen LogP contribution in [0.5, 0.6) is 0 Å². The third kappa shape index (κ3) is 9.02. The SMILES string of the molecule is CC(C)(C)CCN1C(=O)[C@H](CC(=O)N2CCC(N3CCc4ccccc4NC3=O)CC2)SC1c1ccn(C2CCN(C(=O)OC(C)(C)C)CC2)n1. The van der Waals surface area contributed by atoms with Gasteiger partial charge in [0.2, 0.25) is 11.8 Å². The molecule has 1 aromatic heterocycles. The number of fused-ring (bicyclic) bond motifs is 1. The van der Waals surface area contributed by atoms with Crippen molar-refractivity contribution >= 4 is 41.4 Å². The average Bonchev–Trinajstić information content (AvgIpc) is 3.63. The molecule has 3 fully saturated rings. The molecule has 4 aliphatic heterocycles. The van der Waals surface area contributed by atoms with E-state index in [2.05, 4.69) is 32.2 Å². The Kier molecular flexibility index (Phi) is 11.0. The molecule has 5 heterocycles. The number of hydrogen-bond donors (Lipinski definition) is 1. The molecular formula is C38H55N7O5S. The molecule has 5 amide bonds. The summed E-state index contributed by atoms with van der Waals surface area (Å²) in [5, 5.41) is 7.32. The van der Waals surface area contributed by atoms with Crippen LogP contribution in [0.3, 0.4) is 0 Å². The first-order chi connectivity index (χ1) is 24.1. The smallest absolute Gasteiger partial charge is 0.410 e. The fraction of sp³-hybridized carbons (Fsp3) is 0.658. The highest BCUT2D eigenvalue weighted by molar-refractivity contribution is 8.01. The van der Waals surface area contributed by atoms with Gasteiger partial charge >= 0.3 is 12.1 Å². The maximum atomic E-state index is 14.0. The summed E-state index contributed by atoms with van der Waals surface area (Å²) in [5.74, 6) is -0.00997. The maximum absolute atomic E-state index is 14.0. The fourth-order valence-electron chi connectivity index (χ4n) is 7.42. The maximum Gasteiger partial charge on any atom is 0.410 e. The molecule has 0 saturated carbocycles. The molecule has 6 rings (SSSR count). The number of likely N-dealkylation sites (tertiary alicyclic amines) is 2. The first kappa shape index (κ1) is 37.0. The van der Waals surface area contributed by atoms with Crippen molar-refractivity contribution in [3.8, 4) is 0 Å². The molecule has 0 bridgehead atoms. The van der Waals surface area contributed by atoms with Crippen LogP contribution in [0.2, 0.25) is 0 Å². The third-order valence-corrected chi connectivity index (χ3v) is 11.8. The zero-order valence-electron chi connectivity index (χ0n) is 31.1. The second-order valence-electron chi connectivity index (χ2n) is 16.6. The molecule has 1 aromatic carbocycles. The molecule has 13 heteroatoms. The number of anilines is 1. The summed E-state index contributed by atoms with van der Waals surface area (Å²) in [7, 11) is 0. The number of ether oxygens (including phenoxy) is 1. The number of amides is 5. The van der Waals surface area contributed by atoms with Gasteiger partial charge < -0.3 is 29.7 Å². The van der Waals surface area contributed by atoms with Crippen molar-refractivity contribution in [2.45, 2.75) is 115 Å². The predicted molar refractivity (Wildman–Crippen MR) is 198 cm³/mol. The van der Waals surface area contributed by atoms with E-state index in [0.717, 1.165) is 55.5 Å². The van der Waals surface area contributed by atoms with Gasteiger partial charge in [0.15, 0.2) is 0 Å². The Morgan fingerprint density at radius 2 is 1.57 bits per heavy atom. The van der Waals surface area contributed by atoms with E-state index in [1.54, 1.807) is 4.90 Å². The average molecular weight is 722 g/mol. The number of aromatic nitrogens is 2. The molecule has 0 aliphatic carbocycles. The molecule has 1 N–H and O–H groups in total. The lowest BCUT2D eigenvalue weighted by Gasteiger charge is -2.38. The van der Waals surface area contributed by atoms with Crippen LogP contribution in [0.15, 0.2) is 36.5 Å². The standard InChI is InChI=1S/C38H55N7O5S/c1-37(2,3)17-24-44-33(47)31(51-34(44)30-16-23-45(40-30)28-14-20-42(21-15-28)36(49)50-38(4,5)6)25-32(46)41-18-12-27(13-19-41)43-22-11-26-9-7-8-10-29(26)39-35(43)48/h7-10,16,23,27-28,31,34H,11-15,17-22,24-25H2,1-6H3,(H,39,48)/t31-,34?/m0/s1. The molecule has 278 valence electrons. The normalized spacial score (nSPS) is 22.5. The van der Waals surface area contributed by atoms with E-state index in [1.807, 2.05) is 70.6 Å². The lowest BCUT2D eigenvalue weighted by atomic mass is 9.92. The molecular weight excluding hydrogens is 667 g/mol. The second kappa shape index (κ2) is 15.1. The molecule has 4 aliphatic rings. The Hall–Kier alpha value is -3.74. The summed E-state index contributed by atoms with van der Waals surface area (Å²) in [4.78, 5) is 60.8. The molecule has 3 saturated heterocycles. The number of benzene rings is 1. The molecule has 12 nitrogen and oxygen atoms in total. The highest BCUT2D eigenvalue weighted by atomic mass is 32.2. The minimum atomic E-state index is -0.528. The number of nitrogens with one attached hydrogen (secondary N) is 1. The molecule has 1 unspecified atom stereocenters. The zero-order chi connectivity index (χ0) is 36.5. The molecule has 0 radical (unpaired) electrons. The van der Waals surface area contributed by atoms with Crippen LogP contribution in [-0.4, -0.2) is 109 Å². The summed E-state index contributed by atoms with van der Waals surface area (Å²) in [5.41, 5.74) is 2.35. The molecule has 2 aromatic rings. The summed E-state index contributed by atoms with van der Waals surface area (Å²) >= 11 is 1.53. The van der Waals surface area contributed by atoms with Gasteiger partial charge in [-0.2, -0.15) is 5.10 Å². The van der Waals surface area contributed by atoms with Crippen molar-refractivity contribution in [2.75, 3.05) is 44.6 Å². The van der Waals surface area contributed by atoms with Crippen molar-refractivity contribution < 1.29 is 23.9 Å². The van der Waals surface area contributed by atoms with Crippen molar-refractivity contribution in [1.29, 1.82) is 0 Å². The van der Waals surface area contributed by atoms with Crippen LogP contribution < -0.4 is 5.32 Å². The summed E-state index contributed by atoms with van der Waals surface area (Å²) in [6.07, 6.45) is 6.48. The molecule has 2 atom stereocenters. The highest BCUT2D eigenvalue weighted by Crippen LogP contribution is 2.45. The van der Waals surface area contributed by atoms with Crippen molar-refractivity contribution in [1.82, 2.24) is 29.4 Å². The lowest BCUT2D eigenvalue weighted by molar-refractivity contribution is -0.137. The van der Waals surface area contributed by atoms with E-state index in [1.165, 1.54) is 11.8 Å². The number of nitrogens with zero attached hydrogens (tertiary/aromatic N) is 6. The van der Waals surface area contributed by atoms with Gasteiger partial charge in [0.25, 0.3) is 0 Å². The fourth-order valence-corrected chi connectivity index (χ4v) is 8.84. The van der Waals surface area contributed by atoms with Crippen molar-refractivity contribution in [2.24, 2.45) is 5.41 Å². The Morgan fingerprint density at radius 1 is 0.902 bits per heavy atom. The van der Waals surface area contributed by atoms with Crippen LogP contribution >= 0.6 is 11.8 Å². The number of rotatable bonds is 7. The van der Waals surface area contributed by atoms with E-state index in [-0.39, 0.29) is 53.2 Å². The first-order valence-corrected chi connectivity index (χ1v) is 19.5. The van der Waals surface area contributed by atoms with Gasteiger partial charge in [-0.15, -0.1) is 11.8 Å². The van der Waals surface area contributed by atoms with Gasteiger partial charge in [0.05, 0.1) is 17.0 Å². The number of para-hydroxylation sites is 1. The van der Waals surface area contributed by atoms with Gasteiger partial charge in [-0.25, -0.2) is 9.59 Å². The second-order valence-corrected chi connectivity index (χ2v) is 17.9. The number of carbonyl (C=O) groups is 4. The molecule has 51 heavy (non-hydrogen) atoms. The van der Waals surface area contributed by atoms with Crippen molar-refractivity contribution in [3.63, 3.8) is 0 Å². The first-order valence-electron chi connectivity index (χ1n) is 18.6. The third-order valence-electron chi connectivity index (χ3n) is 10.4. The molecule has 0 spiro atoms. The summed E-state index contributed by atoms with van der Waals surface area (Å²) < 4.78 is 7.55. The quantitative estimate of drug-likeness (QED) is 0.356.